The van der Waals surface area contributed by atoms with Crippen molar-refractivity contribution in [1.29, 1.82) is 0 Å². The van der Waals surface area contributed by atoms with Gasteiger partial charge >= 0.3 is 0 Å². The van der Waals surface area contributed by atoms with Gasteiger partial charge in [0.05, 0.1) is 36.3 Å². The standard InChI is InChI=1S/C26H23BrN4O4S/c1-33-22-11-7-6-10-20(22)29-24(32)15-35-25-19(27)12-17(13-23(25)34-2)14-28-31-26-30-21(16-36-26)18-8-4-3-5-9-18/h3-14,16H,15H2,1-2H3,(H,29,32)(H,30,31). The molecule has 1 heterocycles. The molecular formula is C26H23BrN4O4S. The zero-order valence-corrected chi connectivity index (χ0v) is 21.9. The Morgan fingerprint density at radius 3 is 2.58 bits per heavy atom. The lowest BCUT2D eigenvalue weighted by Gasteiger charge is -2.14. The molecule has 0 aliphatic rings. The summed E-state index contributed by atoms with van der Waals surface area (Å²) in [6, 6.07) is 20.7. The molecule has 1 aromatic heterocycles. The minimum absolute atomic E-state index is 0.213. The van der Waals surface area contributed by atoms with E-state index in [0.717, 1.165) is 16.8 Å². The van der Waals surface area contributed by atoms with Crippen molar-refractivity contribution in [3.05, 3.63) is 82.1 Å². The number of carbonyl (C=O) groups is 1. The maximum atomic E-state index is 12.4. The average Bonchev–Trinajstić information content (AvgIpc) is 3.37. The van der Waals surface area contributed by atoms with Crippen molar-refractivity contribution in [2.45, 2.75) is 0 Å². The highest BCUT2D eigenvalue weighted by atomic mass is 79.9. The molecular weight excluding hydrogens is 544 g/mol. The van der Waals surface area contributed by atoms with Gasteiger partial charge in [-0.1, -0.05) is 42.5 Å². The quantitative estimate of drug-likeness (QED) is 0.179. The summed E-state index contributed by atoms with van der Waals surface area (Å²) in [7, 11) is 3.08. The van der Waals surface area contributed by atoms with Gasteiger partial charge in [-0.05, 0) is 45.8 Å². The SMILES string of the molecule is COc1ccccc1NC(=O)COc1c(Br)cc(C=NNc2nc(-c3ccccc3)cs2)cc1OC. The van der Waals surface area contributed by atoms with Crippen LogP contribution in [0.4, 0.5) is 10.8 Å². The number of anilines is 2. The first kappa shape index (κ1) is 25.2. The van der Waals surface area contributed by atoms with Crippen LogP contribution in [-0.2, 0) is 4.79 Å². The van der Waals surface area contributed by atoms with Crippen molar-refractivity contribution >= 4 is 50.2 Å². The van der Waals surface area contributed by atoms with Gasteiger partial charge in [-0.2, -0.15) is 5.10 Å². The Balaban J connectivity index is 1.38. The zero-order valence-electron chi connectivity index (χ0n) is 19.5. The van der Waals surface area contributed by atoms with E-state index >= 15 is 0 Å². The fraction of sp³-hybridized carbons (Fsp3) is 0.115. The van der Waals surface area contributed by atoms with E-state index < -0.39 is 0 Å². The summed E-state index contributed by atoms with van der Waals surface area (Å²) in [5, 5.41) is 9.71. The molecule has 10 heteroatoms. The number of hydrazone groups is 1. The number of nitrogens with one attached hydrogen (secondary N) is 2. The van der Waals surface area contributed by atoms with Crippen LogP contribution in [0.2, 0.25) is 0 Å². The molecule has 0 saturated heterocycles. The second-order valence-corrected chi connectivity index (χ2v) is 9.06. The van der Waals surface area contributed by atoms with Gasteiger partial charge in [-0.15, -0.1) is 11.3 Å². The fourth-order valence-corrected chi connectivity index (χ4v) is 4.50. The van der Waals surface area contributed by atoms with E-state index in [0.29, 0.717) is 32.5 Å². The first-order valence-corrected chi connectivity index (χ1v) is 12.5. The molecule has 0 spiro atoms. The number of thiazole rings is 1. The molecule has 36 heavy (non-hydrogen) atoms. The summed E-state index contributed by atoms with van der Waals surface area (Å²) >= 11 is 4.96. The van der Waals surface area contributed by atoms with E-state index in [4.69, 9.17) is 14.2 Å². The van der Waals surface area contributed by atoms with E-state index in [1.165, 1.54) is 18.4 Å². The van der Waals surface area contributed by atoms with Crippen LogP contribution in [0, 0.1) is 0 Å². The maximum Gasteiger partial charge on any atom is 0.262 e. The topological polar surface area (TPSA) is 94.1 Å². The molecule has 0 aliphatic carbocycles. The molecule has 0 bridgehead atoms. The summed E-state index contributed by atoms with van der Waals surface area (Å²) in [6.45, 7) is -0.213. The van der Waals surface area contributed by atoms with E-state index in [-0.39, 0.29) is 12.5 Å². The van der Waals surface area contributed by atoms with Crippen LogP contribution in [0.3, 0.4) is 0 Å². The summed E-state index contributed by atoms with van der Waals surface area (Å²) in [4.78, 5) is 17.0. The number of hydrogen-bond acceptors (Lipinski definition) is 8. The molecule has 0 aliphatic heterocycles. The third-order valence-corrected chi connectivity index (χ3v) is 6.26. The average molecular weight is 567 g/mol. The Kier molecular flexibility index (Phi) is 8.53. The van der Waals surface area contributed by atoms with Gasteiger partial charge in [0.2, 0.25) is 5.13 Å². The van der Waals surface area contributed by atoms with Crippen LogP contribution in [0.15, 0.2) is 81.7 Å². The Morgan fingerprint density at radius 1 is 1.06 bits per heavy atom. The van der Waals surface area contributed by atoms with Crippen LogP contribution >= 0.6 is 27.3 Å². The van der Waals surface area contributed by atoms with Gasteiger partial charge in [0, 0.05) is 10.9 Å². The Labute approximate surface area is 221 Å². The van der Waals surface area contributed by atoms with Crippen molar-refractivity contribution < 1.29 is 19.0 Å². The lowest BCUT2D eigenvalue weighted by Crippen LogP contribution is -2.20. The van der Waals surface area contributed by atoms with Gasteiger partial charge in [-0.3, -0.25) is 10.2 Å². The number of aromatic nitrogens is 1. The smallest absolute Gasteiger partial charge is 0.262 e. The first-order chi connectivity index (χ1) is 17.6. The van der Waals surface area contributed by atoms with Crippen molar-refractivity contribution in [3.63, 3.8) is 0 Å². The van der Waals surface area contributed by atoms with E-state index in [1.807, 2.05) is 53.9 Å². The maximum absolute atomic E-state index is 12.4. The third kappa shape index (κ3) is 6.41. The van der Waals surface area contributed by atoms with Crippen LogP contribution in [0.5, 0.6) is 17.2 Å². The van der Waals surface area contributed by atoms with Gasteiger partial charge in [0.1, 0.15) is 5.75 Å². The summed E-state index contributed by atoms with van der Waals surface area (Å²) in [5.41, 5.74) is 6.22. The van der Waals surface area contributed by atoms with E-state index in [9.17, 15) is 4.79 Å². The van der Waals surface area contributed by atoms with Gasteiger partial charge in [-0.25, -0.2) is 4.98 Å². The van der Waals surface area contributed by atoms with Crippen molar-refractivity contribution in [2.75, 3.05) is 31.6 Å². The number of hydrogen-bond donors (Lipinski definition) is 2. The fourth-order valence-electron chi connectivity index (χ4n) is 3.25. The first-order valence-electron chi connectivity index (χ1n) is 10.8. The lowest BCUT2D eigenvalue weighted by molar-refractivity contribution is -0.118. The molecule has 0 radical (unpaired) electrons. The Bertz CT molecular complexity index is 1360. The van der Waals surface area contributed by atoms with Crippen LogP contribution in [0.1, 0.15) is 5.56 Å². The minimum atomic E-state index is -0.332. The molecule has 0 unspecified atom stereocenters. The molecule has 4 aromatic rings. The predicted molar refractivity (Wildman–Crippen MR) is 147 cm³/mol. The van der Waals surface area contributed by atoms with E-state index in [2.05, 4.69) is 36.8 Å². The highest BCUT2D eigenvalue weighted by Crippen LogP contribution is 2.36. The number of ether oxygens (including phenoxy) is 3. The molecule has 3 aromatic carbocycles. The molecule has 4 rings (SSSR count). The van der Waals surface area contributed by atoms with Crippen molar-refractivity contribution in [2.24, 2.45) is 5.10 Å². The normalized spacial score (nSPS) is 10.8. The number of nitrogens with zero attached hydrogens (tertiary/aromatic N) is 2. The number of methoxy groups -OCH3 is 2. The molecule has 0 fully saturated rings. The molecule has 184 valence electrons. The van der Waals surface area contributed by atoms with Crippen LogP contribution in [0.25, 0.3) is 11.3 Å². The van der Waals surface area contributed by atoms with Gasteiger partial charge < -0.3 is 19.5 Å². The minimum Gasteiger partial charge on any atom is -0.495 e. The third-order valence-electron chi connectivity index (χ3n) is 4.93. The summed E-state index contributed by atoms with van der Waals surface area (Å²) in [6.07, 6.45) is 1.65. The number of halogens is 1. The molecule has 2 N–H and O–H groups in total. The highest BCUT2D eigenvalue weighted by molar-refractivity contribution is 9.10. The van der Waals surface area contributed by atoms with Crippen molar-refractivity contribution in [1.82, 2.24) is 4.98 Å². The monoisotopic (exact) mass is 566 g/mol. The largest absolute Gasteiger partial charge is 0.495 e. The highest BCUT2D eigenvalue weighted by Gasteiger charge is 2.14. The van der Waals surface area contributed by atoms with Gasteiger partial charge in [0.15, 0.2) is 18.1 Å². The molecule has 0 saturated carbocycles. The number of carbonyl (C=O) groups excluding carboxylic acids is 1. The molecule has 1 amide bonds. The molecule has 8 nitrogen and oxygen atoms in total. The zero-order chi connectivity index (χ0) is 25.3. The summed E-state index contributed by atoms with van der Waals surface area (Å²) in [5.74, 6) is 1.10. The van der Waals surface area contributed by atoms with Crippen molar-refractivity contribution in [3.8, 4) is 28.5 Å². The molecule has 0 atom stereocenters. The number of benzene rings is 3. The second kappa shape index (κ2) is 12.2. The Morgan fingerprint density at radius 2 is 1.81 bits per heavy atom. The Hall–Kier alpha value is -3.89. The summed E-state index contributed by atoms with van der Waals surface area (Å²) < 4.78 is 17.1. The van der Waals surface area contributed by atoms with E-state index in [1.54, 1.807) is 31.5 Å². The second-order valence-electron chi connectivity index (χ2n) is 7.35. The number of rotatable bonds is 10. The van der Waals surface area contributed by atoms with Gasteiger partial charge in [0.25, 0.3) is 5.91 Å². The van der Waals surface area contributed by atoms with Crippen LogP contribution < -0.4 is 25.0 Å². The number of amides is 1. The lowest BCUT2D eigenvalue weighted by atomic mass is 10.2. The van der Waals surface area contributed by atoms with Crippen LogP contribution in [-0.4, -0.2) is 37.9 Å². The number of para-hydroxylation sites is 2. The predicted octanol–water partition coefficient (Wildman–Crippen LogP) is 6.05.